The van der Waals surface area contributed by atoms with Crippen LogP contribution in [-0.2, 0) is 4.79 Å². The van der Waals surface area contributed by atoms with Gasteiger partial charge in [0.25, 0.3) is 0 Å². The van der Waals surface area contributed by atoms with Gasteiger partial charge in [0.05, 0.1) is 12.2 Å². The SMILES string of the molecule is CNCC(=O)Nc1cccnc1-n1ccnc1C. The lowest BCUT2D eigenvalue weighted by Crippen LogP contribution is -2.25. The lowest BCUT2D eigenvalue weighted by molar-refractivity contribution is -0.115. The number of carbonyl (C=O) groups excluding carboxylic acids is 1. The molecule has 2 aromatic rings. The molecule has 0 saturated carbocycles. The first-order valence-electron chi connectivity index (χ1n) is 5.62. The van der Waals surface area contributed by atoms with Crippen LogP contribution in [0.1, 0.15) is 5.82 Å². The Morgan fingerprint density at radius 1 is 1.39 bits per heavy atom. The zero-order chi connectivity index (χ0) is 13.0. The van der Waals surface area contributed by atoms with E-state index in [4.69, 9.17) is 0 Å². The number of amides is 1. The third-order valence-electron chi connectivity index (χ3n) is 2.45. The third-order valence-corrected chi connectivity index (χ3v) is 2.45. The molecule has 0 aliphatic carbocycles. The number of rotatable bonds is 4. The van der Waals surface area contributed by atoms with Crippen LogP contribution in [0.15, 0.2) is 30.7 Å². The van der Waals surface area contributed by atoms with Gasteiger partial charge in [0.1, 0.15) is 5.82 Å². The van der Waals surface area contributed by atoms with Crippen molar-refractivity contribution in [2.75, 3.05) is 18.9 Å². The highest BCUT2D eigenvalue weighted by molar-refractivity contribution is 5.93. The molecule has 0 fully saturated rings. The number of imidazole rings is 1. The second kappa shape index (κ2) is 5.42. The summed E-state index contributed by atoms with van der Waals surface area (Å²) in [5.41, 5.74) is 0.666. The van der Waals surface area contributed by atoms with Gasteiger partial charge in [-0.15, -0.1) is 0 Å². The summed E-state index contributed by atoms with van der Waals surface area (Å²) in [5, 5.41) is 5.62. The molecule has 0 unspecified atom stereocenters. The minimum absolute atomic E-state index is 0.107. The first kappa shape index (κ1) is 12.3. The van der Waals surface area contributed by atoms with Crippen LogP contribution < -0.4 is 10.6 Å². The maximum absolute atomic E-state index is 11.6. The molecule has 0 aliphatic rings. The predicted octanol–water partition coefficient (Wildman–Crippen LogP) is 0.734. The number of hydrogen-bond donors (Lipinski definition) is 2. The second-order valence-electron chi connectivity index (χ2n) is 3.80. The van der Waals surface area contributed by atoms with E-state index in [1.54, 1.807) is 25.5 Å². The van der Waals surface area contributed by atoms with Gasteiger partial charge in [-0.1, -0.05) is 0 Å². The van der Waals surface area contributed by atoms with E-state index in [1.165, 1.54) is 0 Å². The van der Waals surface area contributed by atoms with Gasteiger partial charge in [0.2, 0.25) is 5.91 Å². The molecule has 0 saturated heterocycles. The summed E-state index contributed by atoms with van der Waals surface area (Å²) >= 11 is 0. The molecule has 0 aromatic carbocycles. The Balaban J connectivity index is 2.32. The fourth-order valence-electron chi connectivity index (χ4n) is 1.64. The van der Waals surface area contributed by atoms with Crippen molar-refractivity contribution in [2.45, 2.75) is 6.92 Å². The highest BCUT2D eigenvalue weighted by atomic mass is 16.1. The van der Waals surface area contributed by atoms with Crippen LogP contribution in [-0.4, -0.2) is 34.0 Å². The number of carbonyl (C=O) groups is 1. The minimum Gasteiger partial charge on any atom is -0.322 e. The quantitative estimate of drug-likeness (QED) is 0.833. The van der Waals surface area contributed by atoms with E-state index in [-0.39, 0.29) is 12.5 Å². The molecule has 2 heterocycles. The summed E-state index contributed by atoms with van der Waals surface area (Å²) < 4.78 is 1.83. The first-order chi connectivity index (χ1) is 8.72. The van der Waals surface area contributed by atoms with Gasteiger partial charge >= 0.3 is 0 Å². The van der Waals surface area contributed by atoms with Crippen LogP contribution in [0.3, 0.4) is 0 Å². The van der Waals surface area contributed by atoms with Crippen LogP contribution in [0.25, 0.3) is 5.82 Å². The van der Waals surface area contributed by atoms with Crippen molar-refractivity contribution in [3.63, 3.8) is 0 Å². The zero-order valence-electron chi connectivity index (χ0n) is 10.3. The number of anilines is 1. The van der Waals surface area contributed by atoms with Crippen molar-refractivity contribution in [3.05, 3.63) is 36.5 Å². The van der Waals surface area contributed by atoms with Crippen LogP contribution in [0.4, 0.5) is 5.69 Å². The lowest BCUT2D eigenvalue weighted by atomic mass is 10.3. The summed E-state index contributed by atoms with van der Waals surface area (Å²) in [7, 11) is 1.73. The van der Waals surface area contributed by atoms with Crippen molar-refractivity contribution in [1.82, 2.24) is 19.9 Å². The van der Waals surface area contributed by atoms with Gasteiger partial charge in [-0.25, -0.2) is 9.97 Å². The van der Waals surface area contributed by atoms with Gasteiger partial charge < -0.3 is 10.6 Å². The monoisotopic (exact) mass is 245 g/mol. The standard InChI is InChI=1S/C12H15N5O/c1-9-14-6-7-17(9)12-10(4-3-5-15-12)16-11(18)8-13-2/h3-7,13H,8H2,1-2H3,(H,16,18). The molecule has 0 aliphatic heterocycles. The number of pyridine rings is 1. The molecule has 0 spiro atoms. The average Bonchev–Trinajstić information content (AvgIpc) is 2.76. The normalized spacial score (nSPS) is 10.3. The van der Waals surface area contributed by atoms with Gasteiger partial charge in [-0.2, -0.15) is 0 Å². The fraction of sp³-hybridized carbons (Fsp3) is 0.250. The van der Waals surface area contributed by atoms with Crippen molar-refractivity contribution in [1.29, 1.82) is 0 Å². The molecule has 2 aromatic heterocycles. The van der Waals surface area contributed by atoms with E-state index in [2.05, 4.69) is 20.6 Å². The largest absolute Gasteiger partial charge is 0.322 e. The number of likely N-dealkylation sites (N-methyl/N-ethyl adjacent to an activating group) is 1. The number of aromatic nitrogens is 3. The lowest BCUT2D eigenvalue weighted by Gasteiger charge is -2.11. The van der Waals surface area contributed by atoms with E-state index in [9.17, 15) is 4.79 Å². The van der Waals surface area contributed by atoms with Gasteiger partial charge in [0.15, 0.2) is 5.82 Å². The molecule has 1 amide bonds. The predicted molar refractivity (Wildman–Crippen MR) is 68.7 cm³/mol. The van der Waals surface area contributed by atoms with Crippen LogP contribution in [0.2, 0.25) is 0 Å². The summed E-state index contributed by atoms with van der Waals surface area (Å²) in [6.45, 7) is 2.14. The molecule has 0 bridgehead atoms. The second-order valence-corrected chi connectivity index (χ2v) is 3.80. The van der Waals surface area contributed by atoms with E-state index in [1.807, 2.05) is 23.8 Å². The summed E-state index contributed by atoms with van der Waals surface area (Å²) in [6.07, 6.45) is 5.19. The van der Waals surface area contributed by atoms with Crippen LogP contribution in [0.5, 0.6) is 0 Å². The van der Waals surface area contributed by atoms with Crippen molar-refractivity contribution in [3.8, 4) is 5.82 Å². The van der Waals surface area contributed by atoms with E-state index in [0.717, 1.165) is 5.82 Å². The Hall–Kier alpha value is -2.21. The Morgan fingerprint density at radius 2 is 2.22 bits per heavy atom. The number of nitrogens with zero attached hydrogens (tertiary/aromatic N) is 3. The van der Waals surface area contributed by atoms with Gasteiger partial charge in [-0.05, 0) is 26.1 Å². The van der Waals surface area contributed by atoms with Crippen molar-refractivity contribution >= 4 is 11.6 Å². The maximum Gasteiger partial charge on any atom is 0.238 e. The average molecular weight is 245 g/mol. The Kier molecular flexibility index (Phi) is 3.69. The molecule has 94 valence electrons. The molecule has 6 heteroatoms. The molecular formula is C12H15N5O. The van der Waals surface area contributed by atoms with Gasteiger partial charge in [-0.3, -0.25) is 9.36 Å². The molecule has 0 atom stereocenters. The smallest absolute Gasteiger partial charge is 0.238 e. The summed E-state index contributed by atoms with van der Waals surface area (Å²) in [4.78, 5) is 20.0. The van der Waals surface area contributed by atoms with Crippen molar-refractivity contribution in [2.24, 2.45) is 0 Å². The summed E-state index contributed by atoms with van der Waals surface area (Å²) in [6, 6.07) is 3.60. The topological polar surface area (TPSA) is 71.8 Å². The van der Waals surface area contributed by atoms with Crippen LogP contribution in [0, 0.1) is 6.92 Å². The van der Waals surface area contributed by atoms with E-state index >= 15 is 0 Å². The number of aryl methyl sites for hydroxylation is 1. The fourth-order valence-corrected chi connectivity index (χ4v) is 1.64. The van der Waals surface area contributed by atoms with E-state index in [0.29, 0.717) is 11.5 Å². The molecule has 2 rings (SSSR count). The van der Waals surface area contributed by atoms with Crippen LogP contribution >= 0.6 is 0 Å². The first-order valence-corrected chi connectivity index (χ1v) is 5.62. The number of nitrogens with one attached hydrogen (secondary N) is 2. The Bertz CT molecular complexity index is 549. The Morgan fingerprint density at radius 3 is 2.89 bits per heavy atom. The number of hydrogen-bond acceptors (Lipinski definition) is 4. The minimum atomic E-state index is -0.107. The molecule has 18 heavy (non-hydrogen) atoms. The summed E-state index contributed by atoms with van der Waals surface area (Å²) in [5.74, 6) is 1.37. The molecule has 0 radical (unpaired) electrons. The third kappa shape index (κ3) is 2.54. The zero-order valence-corrected chi connectivity index (χ0v) is 10.3. The maximum atomic E-state index is 11.6. The molecule has 6 nitrogen and oxygen atoms in total. The highest BCUT2D eigenvalue weighted by Crippen LogP contribution is 2.18. The molecular weight excluding hydrogens is 230 g/mol. The van der Waals surface area contributed by atoms with Crippen molar-refractivity contribution < 1.29 is 4.79 Å². The Labute approximate surface area is 105 Å². The molecule has 2 N–H and O–H groups in total. The highest BCUT2D eigenvalue weighted by Gasteiger charge is 2.10. The van der Waals surface area contributed by atoms with Gasteiger partial charge in [0, 0.05) is 18.6 Å². The van der Waals surface area contributed by atoms with E-state index < -0.39 is 0 Å².